The minimum atomic E-state index is -0.389. The summed E-state index contributed by atoms with van der Waals surface area (Å²) in [6.07, 6.45) is 9.55. The summed E-state index contributed by atoms with van der Waals surface area (Å²) in [6, 6.07) is 5.19. The Hall–Kier alpha value is -3.79. The van der Waals surface area contributed by atoms with Crippen LogP contribution in [-0.2, 0) is 17.8 Å². The van der Waals surface area contributed by atoms with Crippen LogP contribution in [0.1, 0.15) is 35.2 Å². The van der Waals surface area contributed by atoms with Crippen molar-refractivity contribution in [2.24, 2.45) is 0 Å². The van der Waals surface area contributed by atoms with Gasteiger partial charge in [0.25, 0.3) is 11.5 Å². The number of imidazole rings is 1. The number of aromatic nitrogens is 5. The van der Waals surface area contributed by atoms with E-state index in [9.17, 15) is 9.59 Å². The largest absolute Gasteiger partial charge is 0.376 e. The quantitative estimate of drug-likeness (QED) is 0.406. The Morgan fingerprint density at radius 3 is 2.94 bits per heavy atom. The minimum Gasteiger partial charge on any atom is -0.376 e. The highest BCUT2D eigenvalue weighted by Gasteiger charge is 2.20. The molecule has 10 nitrogen and oxygen atoms in total. The van der Waals surface area contributed by atoms with E-state index in [2.05, 4.69) is 10.3 Å². The second kappa shape index (κ2) is 9.22. The lowest BCUT2D eigenvalue weighted by Crippen LogP contribution is -2.38. The van der Waals surface area contributed by atoms with Gasteiger partial charge in [-0.15, -0.1) is 0 Å². The third-order valence-corrected chi connectivity index (χ3v) is 6.25. The van der Waals surface area contributed by atoms with Gasteiger partial charge in [0.2, 0.25) is 0 Å². The van der Waals surface area contributed by atoms with Gasteiger partial charge < -0.3 is 19.2 Å². The average molecular weight is 462 g/mol. The molecule has 5 rings (SSSR count). The maximum atomic E-state index is 13.4. The standard InChI is InChI=1S/C24H27N7O3/c1-16-5-2-9-31-21(16)28-22-19(24(31)33)13-18(23(32)27-14-17-6-3-12-34-17)20(25)30(22)10-4-8-29-11-7-26-15-29/h2,5,7,9,11,13,15,17,25H,3-4,6,8,10,12,14H2,1H3,(H,27,32). The molecule has 34 heavy (non-hydrogen) atoms. The van der Waals surface area contributed by atoms with Crippen LogP contribution >= 0.6 is 0 Å². The van der Waals surface area contributed by atoms with Gasteiger partial charge in [0.05, 0.1) is 23.4 Å². The van der Waals surface area contributed by atoms with Gasteiger partial charge in [0.15, 0.2) is 0 Å². The van der Waals surface area contributed by atoms with Crippen LogP contribution < -0.4 is 16.4 Å². The van der Waals surface area contributed by atoms with Crippen molar-refractivity contribution in [2.75, 3.05) is 13.2 Å². The molecule has 176 valence electrons. The Balaban J connectivity index is 1.58. The molecule has 0 bridgehead atoms. The van der Waals surface area contributed by atoms with Crippen molar-refractivity contribution in [2.45, 2.75) is 45.4 Å². The van der Waals surface area contributed by atoms with Crippen LogP contribution in [0.5, 0.6) is 0 Å². The number of ether oxygens (including phenoxy) is 1. The third kappa shape index (κ3) is 4.12. The highest BCUT2D eigenvalue weighted by molar-refractivity contribution is 5.96. The van der Waals surface area contributed by atoms with E-state index in [4.69, 9.17) is 15.1 Å². The number of amides is 1. The number of hydrogen-bond donors (Lipinski definition) is 2. The number of nitrogens with zero attached hydrogens (tertiary/aromatic N) is 5. The molecule has 0 aromatic carbocycles. The second-order valence-corrected chi connectivity index (χ2v) is 8.60. The SMILES string of the molecule is Cc1cccn2c(=O)c3cc(C(=O)NCC4CCCO4)c(=N)n(CCCn4ccnc4)c3nc12. The van der Waals surface area contributed by atoms with Gasteiger partial charge in [-0.25, -0.2) is 9.97 Å². The van der Waals surface area contributed by atoms with Crippen molar-refractivity contribution in [3.63, 3.8) is 0 Å². The lowest BCUT2D eigenvalue weighted by Gasteiger charge is -2.16. The molecule has 0 radical (unpaired) electrons. The molecule has 1 fully saturated rings. The van der Waals surface area contributed by atoms with Crippen molar-refractivity contribution in [3.8, 4) is 0 Å². The van der Waals surface area contributed by atoms with Gasteiger partial charge in [0, 0.05) is 44.8 Å². The van der Waals surface area contributed by atoms with Gasteiger partial charge >= 0.3 is 0 Å². The van der Waals surface area contributed by atoms with E-state index in [-0.39, 0.29) is 28.6 Å². The highest BCUT2D eigenvalue weighted by Crippen LogP contribution is 2.14. The van der Waals surface area contributed by atoms with Crippen LogP contribution in [0, 0.1) is 12.3 Å². The first-order chi connectivity index (χ1) is 16.5. The fourth-order valence-electron chi connectivity index (χ4n) is 4.42. The molecule has 0 aliphatic carbocycles. The second-order valence-electron chi connectivity index (χ2n) is 8.60. The van der Waals surface area contributed by atoms with E-state index < -0.39 is 0 Å². The van der Waals surface area contributed by atoms with Gasteiger partial charge in [0.1, 0.15) is 16.8 Å². The molecule has 1 amide bonds. The maximum absolute atomic E-state index is 13.4. The molecule has 10 heteroatoms. The monoisotopic (exact) mass is 461 g/mol. The molecule has 1 saturated heterocycles. The Morgan fingerprint density at radius 1 is 1.29 bits per heavy atom. The molecule has 0 spiro atoms. The van der Waals surface area contributed by atoms with Crippen molar-refractivity contribution in [3.05, 3.63) is 70.1 Å². The fraction of sp³-hybridized carbons (Fsp3) is 0.375. The highest BCUT2D eigenvalue weighted by atomic mass is 16.5. The number of rotatable bonds is 7. The summed E-state index contributed by atoms with van der Waals surface area (Å²) in [5.74, 6) is -0.389. The van der Waals surface area contributed by atoms with E-state index in [1.165, 1.54) is 10.5 Å². The third-order valence-electron chi connectivity index (χ3n) is 6.25. The normalized spacial score (nSPS) is 15.9. The number of aryl methyl sites for hydroxylation is 3. The van der Waals surface area contributed by atoms with E-state index in [0.29, 0.717) is 49.3 Å². The summed E-state index contributed by atoms with van der Waals surface area (Å²) in [4.78, 5) is 35.3. The lowest BCUT2D eigenvalue weighted by molar-refractivity contribution is 0.0855. The predicted octanol–water partition coefficient (Wildman–Crippen LogP) is 1.63. The van der Waals surface area contributed by atoms with E-state index in [0.717, 1.165) is 18.4 Å². The number of carbonyl (C=O) groups excluding carboxylic acids is 1. The first-order valence-electron chi connectivity index (χ1n) is 11.5. The van der Waals surface area contributed by atoms with Crippen molar-refractivity contribution in [1.82, 2.24) is 28.8 Å². The summed E-state index contributed by atoms with van der Waals surface area (Å²) in [6.45, 7) is 4.09. The number of pyridine rings is 2. The van der Waals surface area contributed by atoms with Crippen molar-refractivity contribution >= 4 is 22.6 Å². The Morgan fingerprint density at radius 2 is 2.18 bits per heavy atom. The Kier molecular flexibility index (Phi) is 5.97. The minimum absolute atomic E-state index is 0.0138. The van der Waals surface area contributed by atoms with Gasteiger partial charge in [-0.3, -0.25) is 19.4 Å². The summed E-state index contributed by atoms with van der Waals surface area (Å²) in [5.41, 5.74) is 1.73. The van der Waals surface area contributed by atoms with Gasteiger partial charge in [-0.05, 0) is 43.9 Å². The average Bonchev–Trinajstić information content (AvgIpc) is 3.54. The molecule has 2 N–H and O–H groups in total. The smallest absolute Gasteiger partial charge is 0.267 e. The molecule has 1 unspecified atom stereocenters. The molecule has 1 aliphatic rings. The van der Waals surface area contributed by atoms with Crippen LogP contribution in [0.4, 0.5) is 0 Å². The van der Waals surface area contributed by atoms with Crippen LogP contribution in [0.15, 0.2) is 47.9 Å². The van der Waals surface area contributed by atoms with Crippen LogP contribution in [0.2, 0.25) is 0 Å². The summed E-state index contributed by atoms with van der Waals surface area (Å²) in [7, 11) is 0. The molecular weight excluding hydrogens is 434 g/mol. The number of fused-ring (bicyclic) bond motifs is 2. The molecule has 4 aromatic rings. The fourth-order valence-corrected chi connectivity index (χ4v) is 4.42. The van der Waals surface area contributed by atoms with E-state index >= 15 is 0 Å². The lowest BCUT2D eigenvalue weighted by atomic mass is 10.1. The first kappa shape index (κ1) is 22.0. The summed E-state index contributed by atoms with van der Waals surface area (Å²) in [5, 5.41) is 12.0. The zero-order chi connectivity index (χ0) is 23.7. The molecular formula is C24H27N7O3. The van der Waals surface area contributed by atoms with Crippen molar-refractivity contribution in [1.29, 1.82) is 5.41 Å². The van der Waals surface area contributed by atoms with Crippen LogP contribution in [0.3, 0.4) is 0 Å². The maximum Gasteiger partial charge on any atom is 0.267 e. The molecule has 0 saturated carbocycles. The van der Waals surface area contributed by atoms with Gasteiger partial charge in [-0.2, -0.15) is 0 Å². The van der Waals surface area contributed by atoms with E-state index in [1.54, 1.807) is 29.4 Å². The van der Waals surface area contributed by atoms with Gasteiger partial charge in [-0.1, -0.05) is 6.07 Å². The Labute approximate surface area is 195 Å². The Bertz CT molecular complexity index is 1460. The zero-order valence-electron chi connectivity index (χ0n) is 19.0. The number of hydrogen-bond acceptors (Lipinski definition) is 6. The van der Waals surface area contributed by atoms with E-state index in [1.807, 2.05) is 23.8 Å². The topological polar surface area (TPSA) is 119 Å². The molecule has 1 aliphatic heterocycles. The summed E-state index contributed by atoms with van der Waals surface area (Å²) < 4.78 is 10.7. The predicted molar refractivity (Wildman–Crippen MR) is 126 cm³/mol. The zero-order valence-corrected chi connectivity index (χ0v) is 19.0. The first-order valence-corrected chi connectivity index (χ1v) is 11.5. The van der Waals surface area contributed by atoms with Crippen molar-refractivity contribution < 1.29 is 9.53 Å². The molecule has 4 aromatic heterocycles. The summed E-state index contributed by atoms with van der Waals surface area (Å²) >= 11 is 0. The number of carbonyl (C=O) groups is 1. The molecule has 5 heterocycles. The number of nitrogens with one attached hydrogen (secondary N) is 2. The van der Waals surface area contributed by atoms with Crippen LogP contribution in [0.25, 0.3) is 16.7 Å². The van der Waals surface area contributed by atoms with Crippen LogP contribution in [-0.4, -0.2) is 48.7 Å². The molecule has 1 atom stereocenters.